The summed E-state index contributed by atoms with van der Waals surface area (Å²) in [5, 5.41) is 4.62. The molecule has 9 nitrogen and oxygen atoms in total. The maximum atomic E-state index is 12.4. The van der Waals surface area contributed by atoms with Gasteiger partial charge in [-0.25, -0.2) is 14.8 Å². The summed E-state index contributed by atoms with van der Waals surface area (Å²) >= 11 is 1.66. The maximum absolute atomic E-state index is 12.4. The Morgan fingerprint density at radius 1 is 1.21 bits per heavy atom. The second-order valence-corrected chi connectivity index (χ2v) is 13.0. The van der Waals surface area contributed by atoms with E-state index in [1.54, 1.807) is 22.6 Å². The highest BCUT2D eigenvalue weighted by atomic mass is 32.2. The van der Waals surface area contributed by atoms with E-state index < -0.39 is 15.7 Å². The summed E-state index contributed by atoms with van der Waals surface area (Å²) in [6, 6.07) is 0.394. The Labute approximate surface area is 205 Å². The lowest BCUT2D eigenvalue weighted by Crippen LogP contribution is -2.43. The number of aryl methyl sites for hydroxylation is 1. The first-order valence-corrected chi connectivity index (χ1v) is 14.4. The minimum atomic E-state index is -3.49. The van der Waals surface area contributed by atoms with Crippen molar-refractivity contribution >= 4 is 43.6 Å². The molecule has 1 atom stereocenters. The van der Waals surface area contributed by atoms with Gasteiger partial charge in [0.15, 0.2) is 0 Å². The molecule has 4 rings (SSSR count). The molecule has 2 aliphatic rings. The van der Waals surface area contributed by atoms with Crippen LogP contribution >= 0.6 is 11.3 Å². The summed E-state index contributed by atoms with van der Waals surface area (Å²) in [5.41, 5.74) is 0.623. The van der Waals surface area contributed by atoms with Crippen molar-refractivity contribution in [1.29, 1.82) is 0 Å². The number of nitrogens with one attached hydrogen (secondary N) is 1. The Kier molecular flexibility index (Phi) is 7.08. The number of hydrogen-bond donors (Lipinski definition) is 1. The third-order valence-electron chi connectivity index (χ3n) is 6.48. The lowest BCUT2D eigenvalue weighted by atomic mass is 9.90. The number of amides is 1. The second kappa shape index (κ2) is 9.58. The van der Waals surface area contributed by atoms with E-state index >= 15 is 0 Å². The van der Waals surface area contributed by atoms with E-state index in [0.29, 0.717) is 0 Å². The summed E-state index contributed by atoms with van der Waals surface area (Å²) in [5.74, 6) is 0.820. The van der Waals surface area contributed by atoms with Gasteiger partial charge in [0.1, 0.15) is 22.6 Å². The van der Waals surface area contributed by atoms with Crippen molar-refractivity contribution in [3.63, 3.8) is 0 Å². The van der Waals surface area contributed by atoms with Gasteiger partial charge in [-0.2, -0.15) is 8.42 Å². The predicted molar refractivity (Wildman–Crippen MR) is 133 cm³/mol. The number of rotatable bonds is 6. The number of anilines is 1. The molecule has 2 aromatic heterocycles. The first kappa shape index (κ1) is 25.1. The molecule has 11 heteroatoms. The SMILES string of the molecule is CN(C(=O)OC(C)(C)C)C1CCC(Nc2ncnc3sc4c(c23)[C@@H](COS(C)(=O)=O)CC4)CC1. The van der Waals surface area contributed by atoms with Crippen LogP contribution in [0.3, 0.4) is 0 Å². The molecule has 2 aromatic rings. The van der Waals surface area contributed by atoms with Crippen LogP contribution in [0.15, 0.2) is 6.33 Å². The average Bonchev–Trinajstić information content (AvgIpc) is 3.30. The highest BCUT2D eigenvalue weighted by Crippen LogP contribution is 2.45. The van der Waals surface area contributed by atoms with Gasteiger partial charge in [0.05, 0.1) is 18.2 Å². The van der Waals surface area contributed by atoms with Crippen LogP contribution < -0.4 is 5.32 Å². The van der Waals surface area contributed by atoms with E-state index in [1.165, 1.54) is 4.88 Å². The number of fused-ring (bicyclic) bond motifs is 3. The summed E-state index contributed by atoms with van der Waals surface area (Å²) in [4.78, 5) is 25.3. The number of hydrogen-bond acceptors (Lipinski definition) is 9. The van der Waals surface area contributed by atoms with Gasteiger partial charge in [-0.3, -0.25) is 4.18 Å². The lowest BCUT2D eigenvalue weighted by molar-refractivity contribution is 0.0185. The maximum Gasteiger partial charge on any atom is 0.410 e. The van der Waals surface area contributed by atoms with Crippen molar-refractivity contribution in [1.82, 2.24) is 14.9 Å². The topological polar surface area (TPSA) is 111 Å². The smallest absolute Gasteiger partial charge is 0.410 e. The lowest BCUT2D eigenvalue weighted by Gasteiger charge is -2.36. The van der Waals surface area contributed by atoms with Crippen molar-refractivity contribution in [2.24, 2.45) is 0 Å². The predicted octanol–water partition coefficient (Wildman–Crippen LogP) is 4.29. The van der Waals surface area contributed by atoms with Gasteiger partial charge in [0.25, 0.3) is 10.1 Å². The molecule has 0 unspecified atom stereocenters. The van der Waals surface area contributed by atoms with Gasteiger partial charge < -0.3 is 15.0 Å². The van der Waals surface area contributed by atoms with Gasteiger partial charge in [-0.1, -0.05) is 0 Å². The first-order chi connectivity index (χ1) is 15.9. The number of carbonyl (C=O) groups excluding carboxylic acids is 1. The highest BCUT2D eigenvalue weighted by molar-refractivity contribution is 7.85. The van der Waals surface area contributed by atoms with Crippen LogP contribution in [0.2, 0.25) is 0 Å². The third kappa shape index (κ3) is 5.80. The van der Waals surface area contributed by atoms with Crippen LogP contribution in [0.4, 0.5) is 10.6 Å². The van der Waals surface area contributed by atoms with Gasteiger partial charge in [0.2, 0.25) is 0 Å². The quantitative estimate of drug-likeness (QED) is 0.573. The normalized spacial score (nSPS) is 23.0. The fraction of sp³-hybridized carbons (Fsp3) is 0.696. The van der Waals surface area contributed by atoms with Gasteiger partial charge >= 0.3 is 6.09 Å². The fourth-order valence-electron chi connectivity index (χ4n) is 4.83. The van der Waals surface area contributed by atoms with E-state index in [2.05, 4.69) is 15.3 Å². The van der Waals surface area contributed by atoms with E-state index in [-0.39, 0.29) is 30.7 Å². The van der Waals surface area contributed by atoms with Crippen LogP contribution in [-0.4, -0.2) is 67.0 Å². The van der Waals surface area contributed by atoms with Gasteiger partial charge in [-0.05, 0) is 64.9 Å². The molecule has 0 radical (unpaired) electrons. The Hall–Kier alpha value is -1.98. The number of ether oxygens (including phenoxy) is 1. The zero-order chi connectivity index (χ0) is 24.7. The van der Waals surface area contributed by atoms with Gasteiger partial charge in [0, 0.05) is 29.9 Å². The standard InChI is InChI=1S/C23H34N4O5S2/c1-23(2,3)32-22(28)27(4)16-9-7-15(8-10-16)26-20-19-18-14(12-31-34(5,29)30)6-11-17(18)33-21(19)25-13-24-20/h13-16H,6-12H2,1-5H3,(H,24,25,26)/t14-,15?,16?/m1/s1. The van der Waals surface area contributed by atoms with Crippen molar-refractivity contribution in [2.45, 2.75) is 82.9 Å². The first-order valence-electron chi connectivity index (χ1n) is 11.7. The Morgan fingerprint density at radius 3 is 2.56 bits per heavy atom. The van der Waals surface area contributed by atoms with Crippen molar-refractivity contribution in [3.8, 4) is 0 Å². The van der Waals surface area contributed by atoms with Gasteiger partial charge in [-0.15, -0.1) is 11.3 Å². The van der Waals surface area contributed by atoms with Crippen LogP contribution in [0.25, 0.3) is 10.2 Å². The fourth-order valence-corrected chi connectivity index (χ4v) is 6.49. The van der Waals surface area contributed by atoms with Crippen LogP contribution in [0, 0.1) is 0 Å². The average molecular weight is 511 g/mol. The molecule has 0 saturated heterocycles. The van der Waals surface area contributed by atoms with Crippen molar-refractivity contribution in [3.05, 3.63) is 16.8 Å². The Bertz CT molecular complexity index is 1150. The highest BCUT2D eigenvalue weighted by Gasteiger charge is 2.33. The molecular weight excluding hydrogens is 476 g/mol. The summed E-state index contributed by atoms with van der Waals surface area (Å²) < 4.78 is 33.7. The molecule has 0 aromatic carbocycles. The summed E-state index contributed by atoms with van der Waals surface area (Å²) in [6.45, 7) is 5.78. The van der Waals surface area contributed by atoms with Crippen LogP contribution in [-0.2, 0) is 25.5 Å². The third-order valence-corrected chi connectivity index (χ3v) is 8.22. The molecule has 188 valence electrons. The van der Waals surface area contributed by atoms with Crippen molar-refractivity contribution in [2.75, 3.05) is 25.2 Å². The zero-order valence-corrected chi connectivity index (χ0v) is 22.1. The van der Waals surface area contributed by atoms with Crippen LogP contribution in [0.5, 0.6) is 0 Å². The molecule has 2 aliphatic carbocycles. The molecule has 0 spiro atoms. The molecule has 0 aliphatic heterocycles. The van der Waals surface area contributed by atoms with E-state index in [1.807, 2.05) is 27.8 Å². The monoisotopic (exact) mass is 510 g/mol. The number of carbonyl (C=O) groups is 1. The molecule has 1 amide bonds. The summed E-state index contributed by atoms with van der Waals surface area (Å²) in [6.07, 6.45) is 7.74. The molecule has 1 fully saturated rings. The molecular formula is C23H34N4O5S2. The molecule has 1 N–H and O–H groups in total. The molecule has 0 bridgehead atoms. The summed E-state index contributed by atoms with van der Waals surface area (Å²) in [7, 11) is -1.68. The van der Waals surface area contributed by atoms with Crippen molar-refractivity contribution < 1.29 is 22.1 Å². The van der Waals surface area contributed by atoms with E-state index in [0.717, 1.165) is 66.4 Å². The minimum Gasteiger partial charge on any atom is -0.444 e. The minimum absolute atomic E-state index is 0.0169. The number of thiophene rings is 1. The Morgan fingerprint density at radius 2 is 1.91 bits per heavy atom. The molecule has 2 heterocycles. The van der Waals surface area contributed by atoms with Crippen LogP contribution in [0.1, 0.15) is 69.2 Å². The Balaban J connectivity index is 1.44. The second-order valence-electron chi connectivity index (χ2n) is 10.3. The van der Waals surface area contributed by atoms with E-state index in [9.17, 15) is 13.2 Å². The van der Waals surface area contributed by atoms with E-state index in [4.69, 9.17) is 8.92 Å². The number of aromatic nitrogens is 2. The zero-order valence-electron chi connectivity index (χ0n) is 20.5. The number of nitrogens with zero attached hydrogens (tertiary/aromatic N) is 3. The largest absolute Gasteiger partial charge is 0.444 e. The molecule has 34 heavy (non-hydrogen) atoms. The molecule has 1 saturated carbocycles.